The maximum absolute atomic E-state index is 12.9. The van der Waals surface area contributed by atoms with Crippen molar-refractivity contribution in [3.63, 3.8) is 0 Å². The molecule has 0 radical (unpaired) electrons. The molecule has 0 aliphatic heterocycles. The molecule has 0 saturated heterocycles. The number of alkyl halides is 3. The second-order valence-corrected chi connectivity index (χ2v) is 9.29. The van der Waals surface area contributed by atoms with Gasteiger partial charge < -0.3 is 10.1 Å². The van der Waals surface area contributed by atoms with Gasteiger partial charge in [-0.1, -0.05) is 30.7 Å². The van der Waals surface area contributed by atoms with Crippen LogP contribution in [0.2, 0.25) is 5.02 Å². The third-order valence-electron chi connectivity index (χ3n) is 4.61. The number of hydrogen-bond donors (Lipinski definition) is 2. The molecule has 0 fully saturated rings. The van der Waals surface area contributed by atoms with E-state index in [-0.39, 0.29) is 10.6 Å². The van der Waals surface area contributed by atoms with Crippen LogP contribution in [0.25, 0.3) is 0 Å². The van der Waals surface area contributed by atoms with Crippen molar-refractivity contribution in [2.24, 2.45) is 0 Å². The summed E-state index contributed by atoms with van der Waals surface area (Å²) >= 11 is 5.93. The third kappa shape index (κ3) is 6.64. The monoisotopic (exact) mass is 512 g/mol. The number of anilines is 2. The molecule has 0 spiro atoms. The van der Waals surface area contributed by atoms with Crippen LogP contribution in [-0.4, -0.2) is 20.4 Å². The SMILES string of the molecule is CCC(Oc1cccc(Cl)c1)C(=O)Nc1ccc(S(=O)(=O)Nc2cccc(C(F)(F)F)c2)cc1. The summed E-state index contributed by atoms with van der Waals surface area (Å²) in [6.07, 6.45) is -5.05. The van der Waals surface area contributed by atoms with Crippen molar-refractivity contribution in [2.45, 2.75) is 30.5 Å². The Balaban J connectivity index is 1.68. The largest absolute Gasteiger partial charge is 0.481 e. The molecule has 11 heteroatoms. The van der Waals surface area contributed by atoms with Crippen molar-refractivity contribution >= 4 is 38.9 Å². The smallest absolute Gasteiger partial charge is 0.416 e. The highest BCUT2D eigenvalue weighted by Gasteiger charge is 2.30. The average Bonchev–Trinajstić information content (AvgIpc) is 2.77. The molecule has 180 valence electrons. The first-order valence-corrected chi connectivity index (χ1v) is 11.9. The molecule has 0 saturated carbocycles. The minimum atomic E-state index is -4.60. The molecular formula is C23H20ClF3N2O4S. The van der Waals surface area contributed by atoms with Gasteiger partial charge in [0.1, 0.15) is 5.75 Å². The Morgan fingerprint density at radius 2 is 1.68 bits per heavy atom. The predicted molar refractivity (Wildman–Crippen MR) is 123 cm³/mol. The Morgan fingerprint density at radius 3 is 2.29 bits per heavy atom. The molecule has 1 amide bonds. The first-order valence-electron chi connectivity index (χ1n) is 10.0. The van der Waals surface area contributed by atoms with Crippen LogP contribution in [0.5, 0.6) is 5.75 Å². The van der Waals surface area contributed by atoms with Crippen LogP contribution in [0.15, 0.2) is 77.7 Å². The van der Waals surface area contributed by atoms with E-state index in [4.69, 9.17) is 16.3 Å². The maximum atomic E-state index is 12.9. The molecule has 34 heavy (non-hydrogen) atoms. The van der Waals surface area contributed by atoms with Gasteiger partial charge >= 0.3 is 6.18 Å². The zero-order valence-electron chi connectivity index (χ0n) is 17.8. The number of amides is 1. The Bertz CT molecular complexity index is 1270. The lowest BCUT2D eigenvalue weighted by atomic mass is 10.2. The first-order chi connectivity index (χ1) is 16.0. The van der Waals surface area contributed by atoms with E-state index in [1.54, 1.807) is 31.2 Å². The number of carbonyl (C=O) groups is 1. The predicted octanol–water partition coefficient (Wildman–Crippen LogP) is 5.96. The lowest BCUT2D eigenvalue weighted by molar-refractivity contribution is -0.137. The van der Waals surface area contributed by atoms with Gasteiger partial charge in [-0.25, -0.2) is 8.42 Å². The van der Waals surface area contributed by atoms with Gasteiger partial charge in [0.15, 0.2) is 6.10 Å². The second kappa shape index (κ2) is 10.4. The summed E-state index contributed by atoms with van der Waals surface area (Å²) in [5.41, 5.74) is -0.886. The Labute approximate surface area is 199 Å². The normalized spacial score (nSPS) is 12.6. The van der Waals surface area contributed by atoms with Gasteiger partial charge in [0.05, 0.1) is 10.5 Å². The number of sulfonamides is 1. The minimum absolute atomic E-state index is 0.190. The molecule has 1 unspecified atom stereocenters. The van der Waals surface area contributed by atoms with E-state index < -0.39 is 33.8 Å². The van der Waals surface area contributed by atoms with Gasteiger partial charge in [0.2, 0.25) is 0 Å². The summed E-state index contributed by atoms with van der Waals surface area (Å²) in [5.74, 6) is -0.0169. The highest BCUT2D eigenvalue weighted by molar-refractivity contribution is 7.92. The molecule has 3 rings (SSSR count). The van der Waals surface area contributed by atoms with E-state index in [1.165, 1.54) is 30.3 Å². The van der Waals surface area contributed by atoms with Crippen LogP contribution in [0.3, 0.4) is 0 Å². The van der Waals surface area contributed by atoms with Gasteiger partial charge in [-0.05, 0) is 67.1 Å². The van der Waals surface area contributed by atoms with E-state index in [2.05, 4.69) is 10.0 Å². The van der Waals surface area contributed by atoms with Crippen molar-refractivity contribution in [1.82, 2.24) is 0 Å². The van der Waals surface area contributed by atoms with Gasteiger partial charge in [-0.2, -0.15) is 13.2 Å². The molecule has 0 aliphatic carbocycles. The molecular weight excluding hydrogens is 493 g/mol. The molecule has 0 bridgehead atoms. The summed E-state index contributed by atoms with van der Waals surface area (Å²) in [6, 6.07) is 15.7. The van der Waals surface area contributed by atoms with Crippen molar-refractivity contribution < 1.29 is 31.1 Å². The van der Waals surface area contributed by atoms with Crippen LogP contribution in [0, 0.1) is 0 Å². The first kappa shape index (κ1) is 25.4. The molecule has 1 atom stereocenters. The summed E-state index contributed by atoms with van der Waals surface area (Å²) in [7, 11) is -4.15. The van der Waals surface area contributed by atoms with Crippen LogP contribution in [0.4, 0.5) is 24.5 Å². The lowest BCUT2D eigenvalue weighted by Crippen LogP contribution is -2.32. The fraction of sp³-hybridized carbons (Fsp3) is 0.174. The number of halogens is 4. The maximum Gasteiger partial charge on any atom is 0.416 e. The Hall–Kier alpha value is -3.24. The van der Waals surface area contributed by atoms with Gasteiger partial charge in [0, 0.05) is 16.4 Å². The topological polar surface area (TPSA) is 84.5 Å². The van der Waals surface area contributed by atoms with E-state index in [0.29, 0.717) is 28.9 Å². The summed E-state index contributed by atoms with van der Waals surface area (Å²) in [4.78, 5) is 12.4. The standard InChI is InChI=1S/C23H20ClF3N2O4S/c1-2-21(33-19-8-4-6-16(24)14-19)22(30)28-17-9-11-20(12-10-17)34(31,32)29-18-7-3-5-15(13-18)23(25,26)27/h3-14,21,29H,2H2,1H3,(H,28,30). The molecule has 3 aromatic rings. The highest BCUT2D eigenvalue weighted by atomic mass is 35.5. The van der Waals surface area contributed by atoms with Crippen molar-refractivity contribution in [2.75, 3.05) is 10.0 Å². The van der Waals surface area contributed by atoms with Gasteiger partial charge in [0.25, 0.3) is 15.9 Å². The van der Waals surface area contributed by atoms with Crippen LogP contribution < -0.4 is 14.8 Å². The quantitative estimate of drug-likeness (QED) is 0.390. The number of carbonyl (C=O) groups excluding carboxylic acids is 1. The van der Waals surface area contributed by atoms with E-state index >= 15 is 0 Å². The van der Waals surface area contributed by atoms with Crippen molar-refractivity contribution in [1.29, 1.82) is 0 Å². The minimum Gasteiger partial charge on any atom is -0.481 e. The number of ether oxygens (including phenoxy) is 1. The summed E-state index contributed by atoms with van der Waals surface area (Å²) in [6.45, 7) is 1.77. The third-order valence-corrected chi connectivity index (χ3v) is 6.24. The zero-order chi connectivity index (χ0) is 24.9. The molecule has 0 heterocycles. The van der Waals surface area contributed by atoms with Crippen molar-refractivity contribution in [3.8, 4) is 5.75 Å². The Kier molecular flexibility index (Phi) is 7.73. The average molecular weight is 513 g/mol. The van der Waals surface area contributed by atoms with Crippen LogP contribution >= 0.6 is 11.6 Å². The fourth-order valence-corrected chi connectivity index (χ4v) is 4.17. The number of hydrogen-bond acceptors (Lipinski definition) is 4. The van der Waals surface area contributed by atoms with Gasteiger partial charge in [-0.15, -0.1) is 0 Å². The zero-order valence-corrected chi connectivity index (χ0v) is 19.3. The molecule has 3 aromatic carbocycles. The molecule has 0 aromatic heterocycles. The summed E-state index contributed by atoms with van der Waals surface area (Å²) in [5, 5.41) is 3.10. The van der Waals surface area contributed by atoms with Crippen LogP contribution in [-0.2, 0) is 21.0 Å². The van der Waals surface area contributed by atoms with E-state index in [0.717, 1.165) is 12.1 Å². The van der Waals surface area contributed by atoms with Gasteiger partial charge in [-0.3, -0.25) is 9.52 Å². The number of nitrogens with one attached hydrogen (secondary N) is 2. The van der Waals surface area contributed by atoms with Crippen molar-refractivity contribution in [3.05, 3.63) is 83.4 Å². The van der Waals surface area contributed by atoms with E-state index in [9.17, 15) is 26.4 Å². The molecule has 2 N–H and O–H groups in total. The molecule has 6 nitrogen and oxygen atoms in total. The molecule has 0 aliphatic rings. The lowest BCUT2D eigenvalue weighted by Gasteiger charge is -2.17. The second-order valence-electron chi connectivity index (χ2n) is 7.17. The number of benzene rings is 3. The fourth-order valence-electron chi connectivity index (χ4n) is 2.94. The van der Waals surface area contributed by atoms with E-state index in [1.807, 2.05) is 0 Å². The summed E-state index contributed by atoms with van der Waals surface area (Å²) < 4.78 is 71.5. The highest BCUT2D eigenvalue weighted by Crippen LogP contribution is 2.31. The van der Waals surface area contributed by atoms with Crippen LogP contribution in [0.1, 0.15) is 18.9 Å². The Morgan fingerprint density at radius 1 is 1.00 bits per heavy atom. The number of rotatable bonds is 8.